The first kappa shape index (κ1) is 51.0. The summed E-state index contributed by atoms with van der Waals surface area (Å²) in [6, 6.07) is 94.0. The highest BCUT2D eigenvalue weighted by molar-refractivity contribution is 6.14. The molecule has 0 amide bonds. The molecule has 0 aliphatic rings. The van der Waals surface area contributed by atoms with Crippen LogP contribution in [0, 0.1) is 13.8 Å². The Balaban J connectivity index is 0.980. The lowest BCUT2D eigenvalue weighted by Gasteiger charge is -2.32. The minimum Gasteiger partial charge on any atom is -0.456 e. The van der Waals surface area contributed by atoms with Crippen molar-refractivity contribution in [1.29, 1.82) is 0 Å². The molecule has 0 atom stereocenters. The first-order valence-electron chi connectivity index (χ1n) is 28.4. The number of rotatable bonds is 10. The van der Waals surface area contributed by atoms with Crippen LogP contribution in [0.25, 0.3) is 88.0 Å². The van der Waals surface area contributed by atoms with Crippen molar-refractivity contribution >= 4 is 77.6 Å². The fourth-order valence-corrected chi connectivity index (χ4v) is 11.8. The molecule has 13 rings (SSSR count). The third kappa shape index (κ3) is 9.74. The average molecular weight is 1050 g/mol. The summed E-state index contributed by atoms with van der Waals surface area (Å²) in [7, 11) is 0. The lowest BCUT2D eigenvalue weighted by Crippen LogP contribution is -2.15. The minimum atomic E-state index is -0.0414. The Labute approximate surface area is 477 Å². The fourth-order valence-electron chi connectivity index (χ4n) is 11.8. The van der Waals surface area contributed by atoms with E-state index >= 15 is 0 Å². The third-order valence-electron chi connectivity index (χ3n) is 16.2. The van der Waals surface area contributed by atoms with E-state index < -0.39 is 0 Å². The van der Waals surface area contributed by atoms with Gasteiger partial charge >= 0.3 is 0 Å². The monoisotopic (exact) mass is 1050 g/mol. The number of nitrogens with zero attached hydrogens (tertiary/aromatic N) is 2. The molecule has 81 heavy (non-hydrogen) atoms. The van der Waals surface area contributed by atoms with E-state index in [1.807, 2.05) is 0 Å². The predicted molar refractivity (Wildman–Crippen MR) is 347 cm³/mol. The Hall–Kier alpha value is -9.44. The maximum absolute atomic E-state index is 7.01. The number of benzene rings is 12. The van der Waals surface area contributed by atoms with Crippen LogP contribution in [0.2, 0.25) is 0 Å². The van der Waals surface area contributed by atoms with Crippen LogP contribution in [0.5, 0.6) is 0 Å². The molecule has 1 heterocycles. The van der Waals surface area contributed by atoms with E-state index in [1.54, 1.807) is 0 Å². The Morgan fingerprint density at radius 1 is 0.284 bits per heavy atom. The first-order valence-corrected chi connectivity index (χ1v) is 28.4. The van der Waals surface area contributed by atoms with E-state index in [0.29, 0.717) is 0 Å². The molecule has 12 aromatic carbocycles. The Bertz CT molecular complexity index is 4200. The summed E-state index contributed by atoms with van der Waals surface area (Å²) in [5.41, 5.74) is 22.6. The van der Waals surface area contributed by atoms with Crippen LogP contribution < -0.4 is 9.80 Å². The summed E-state index contributed by atoms with van der Waals surface area (Å²) >= 11 is 0. The standard InChI is InChI=1S/C78H66N2O/c1-51-29-37-65(53-21-13-9-14-22-53)73(41-51)79(71-39-33-61(77(3,4)5)49-67(71)55-25-17-11-18-26-55)63-35-31-57-45-69-70-46-58-32-36-64(44-60(58)48-76(70)81-75(69)47-59(57)43-63)80(74-42-52(2)30-38-66(74)54-23-15-10-16-24-54)72-40-34-62(78(6,7)8)50-68(72)56-27-19-12-20-28-56/h9-50H,1-8H3. The molecular weight excluding hydrogens is 981 g/mol. The molecular formula is C78H66N2O. The second-order valence-corrected chi connectivity index (χ2v) is 24.0. The van der Waals surface area contributed by atoms with E-state index in [4.69, 9.17) is 4.42 Å². The highest BCUT2D eigenvalue weighted by Gasteiger charge is 2.27. The second-order valence-electron chi connectivity index (χ2n) is 24.0. The summed E-state index contributed by atoms with van der Waals surface area (Å²) < 4.78 is 7.01. The van der Waals surface area contributed by atoms with Gasteiger partial charge in [0, 0.05) is 44.4 Å². The Morgan fingerprint density at radius 2 is 0.642 bits per heavy atom. The van der Waals surface area contributed by atoms with Gasteiger partial charge in [-0.3, -0.25) is 0 Å². The SMILES string of the molecule is Cc1ccc(-c2ccccc2)c(N(c2ccc3cc4c(cc3c2)oc2cc3cc(N(c5ccc(C(C)(C)C)cc5-c5ccccc5)c5cc(C)ccc5-c5ccccc5)ccc3cc24)c2ccc(C(C)(C)C)cc2-c2ccccc2)c1. The molecule has 0 N–H and O–H groups in total. The maximum Gasteiger partial charge on any atom is 0.136 e. The maximum atomic E-state index is 7.01. The van der Waals surface area contributed by atoms with Crippen molar-refractivity contribution < 1.29 is 4.42 Å². The molecule has 0 spiro atoms. The number of furan rings is 1. The van der Waals surface area contributed by atoms with Gasteiger partial charge in [0.15, 0.2) is 0 Å². The Morgan fingerprint density at radius 3 is 1.00 bits per heavy atom. The highest BCUT2D eigenvalue weighted by Crippen LogP contribution is 2.50. The van der Waals surface area contributed by atoms with Gasteiger partial charge in [0.1, 0.15) is 11.2 Å². The second kappa shape index (κ2) is 20.3. The summed E-state index contributed by atoms with van der Waals surface area (Å²) in [6.07, 6.45) is 0. The lowest BCUT2D eigenvalue weighted by molar-refractivity contribution is 0.590. The number of aryl methyl sites for hydroxylation is 2. The van der Waals surface area contributed by atoms with Gasteiger partial charge in [-0.25, -0.2) is 0 Å². The molecule has 0 saturated heterocycles. The number of fused-ring (bicyclic) bond motifs is 5. The molecule has 394 valence electrons. The zero-order valence-corrected chi connectivity index (χ0v) is 47.6. The molecule has 0 radical (unpaired) electrons. The van der Waals surface area contributed by atoms with Crippen molar-refractivity contribution in [2.45, 2.75) is 66.2 Å². The van der Waals surface area contributed by atoms with Crippen molar-refractivity contribution in [2.75, 3.05) is 9.80 Å². The lowest BCUT2D eigenvalue weighted by atomic mass is 9.84. The quantitative estimate of drug-likeness (QED) is 0.136. The first-order chi connectivity index (χ1) is 39.2. The van der Waals surface area contributed by atoms with Crippen molar-refractivity contribution in [3.63, 3.8) is 0 Å². The van der Waals surface area contributed by atoms with E-state index in [-0.39, 0.29) is 10.8 Å². The van der Waals surface area contributed by atoms with E-state index in [2.05, 4.69) is 320 Å². The van der Waals surface area contributed by atoms with Crippen LogP contribution in [0.4, 0.5) is 34.1 Å². The molecule has 0 bridgehead atoms. The third-order valence-corrected chi connectivity index (χ3v) is 16.2. The van der Waals surface area contributed by atoms with Gasteiger partial charge < -0.3 is 14.2 Å². The van der Waals surface area contributed by atoms with Crippen molar-refractivity contribution in [2.24, 2.45) is 0 Å². The summed E-state index contributed by atoms with van der Waals surface area (Å²) in [5, 5.41) is 6.71. The van der Waals surface area contributed by atoms with Gasteiger partial charge in [-0.05, 0) is 176 Å². The molecule has 0 aliphatic heterocycles. The molecule has 3 heteroatoms. The summed E-state index contributed by atoms with van der Waals surface area (Å²) in [5.74, 6) is 0. The number of hydrogen-bond acceptors (Lipinski definition) is 3. The van der Waals surface area contributed by atoms with Gasteiger partial charge in [-0.15, -0.1) is 0 Å². The van der Waals surface area contributed by atoms with Crippen LogP contribution >= 0.6 is 0 Å². The van der Waals surface area contributed by atoms with Crippen molar-refractivity contribution in [1.82, 2.24) is 0 Å². The van der Waals surface area contributed by atoms with Crippen LogP contribution in [0.1, 0.15) is 63.8 Å². The molecule has 1 aromatic heterocycles. The summed E-state index contributed by atoms with van der Waals surface area (Å²) in [4.78, 5) is 4.95. The molecule has 0 saturated carbocycles. The molecule has 0 unspecified atom stereocenters. The molecule has 0 aliphatic carbocycles. The van der Waals surface area contributed by atoms with Crippen LogP contribution in [0.15, 0.2) is 259 Å². The van der Waals surface area contributed by atoms with Crippen LogP contribution in [-0.4, -0.2) is 0 Å². The van der Waals surface area contributed by atoms with Crippen LogP contribution in [0.3, 0.4) is 0 Å². The van der Waals surface area contributed by atoms with Gasteiger partial charge in [0.05, 0.1) is 22.7 Å². The number of hydrogen-bond donors (Lipinski definition) is 0. The zero-order chi connectivity index (χ0) is 55.6. The fraction of sp³-hybridized carbons (Fsp3) is 0.128. The van der Waals surface area contributed by atoms with Gasteiger partial charge in [-0.1, -0.05) is 211 Å². The predicted octanol–water partition coefficient (Wildman–Crippen LogP) is 22.7. The number of anilines is 6. The Kier molecular flexibility index (Phi) is 12.8. The van der Waals surface area contributed by atoms with E-state index in [0.717, 1.165) is 88.7 Å². The molecule has 0 fully saturated rings. The van der Waals surface area contributed by atoms with Gasteiger partial charge in [-0.2, -0.15) is 0 Å². The highest BCUT2D eigenvalue weighted by atomic mass is 16.3. The van der Waals surface area contributed by atoms with Gasteiger partial charge in [0.25, 0.3) is 0 Å². The minimum absolute atomic E-state index is 0.0414. The largest absolute Gasteiger partial charge is 0.456 e. The molecule has 3 nitrogen and oxygen atoms in total. The van der Waals surface area contributed by atoms with Crippen molar-refractivity contribution in [3.05, 3.63) is 277 Å². The smallest absolute Gasteiger partial charge is 0.136 e. The zero-order valence-electron chi connectivity index (χ0n) is 47.6. The van der Waals surface area contributed by atoms with Crippen molar-refractivity contribution in [3.8, 4) is 44.5 Å². The van der Waals surface area contributed by atoms with E-state index in [1.165, 1.54) is 55.6 Å². The summed E-state index contributed by atoms with van der Waals surface area (Å²) in [6.45, 7) is 18.1. The topological polar surface area (TPSA) is 19.6 Å². The van der Waals surface area contributed by atoms with Crippen LogP contribution in [-0.2, 0) is 10.8 Å². The normalized spacial score (nSPS) is 12.0. The van der Waals surface area contributed by atoms with E-state index in [9.17, 15) is 0 Å². The molecule has 13 aromatic rings. The average Bonchev–Trinajstić information content (AvgIpc) is 4.03. The van der Waals surface area contributed by atoms with Gasteiger partial charge in [0.2, 0.25) is 0 Å².